The van der Waals surface area contributed by atoms with Gasteiger partial charge < -0.3 is 26.3 Å². The molecule has 0 atom stereocenters. The van der Waals surface area contributed by atoms with E-state index in [0.29, 0.717) is 35.0 Å². The van der Waals surface area contributed by atoms with Crippen molar-refractivity contribution in [3.63, 3.8) is 0 Å². The van der Waals surface area contributed by atoms with Crippen LogP contribution < -0.4 is 26.3 Å². The van der Waals surface area contributed by atoms with Gasteiger partial charge in [0.05, 0.1) is 5.56 Å². The van der Waals surface area contributed by atoms with E-state index in [-0.39, 0.29) is 12.7 Å². The Balaban J connectivity index is 1.68. The summed E-state index contributed by atoms with van der Waals surface area (Å²) in [7, 11) is 0. The van der Waals surface area contributed by atoms with Crippen LogP contribution >= 0.6 is 0 Å². The summed E-state index contributed by atoms with van der Waals surface area (Å²) < 4.78 is 10.5. The summed E-state index contributed by atoms with van der Waals surface area (Å²) in [6.07, 6.45) is 0. The number of hydrogen-bond acceptors (Lipinski definition) is 5. The number of carbonyl (C=O) groups excluding carboxylic acids is 1. The summed E-state index contributed by atoms with van der Waals surface area (Å²) in [6, 6.07) is 10.4. The summed E-state index contributed by atoms with van der Waals surface area (Å²) in [5.41, 5.74) is 13.6. The molecule has 0 bridgehead atoms. The zero-order chi connectivity index (χ0) is 14.8. The number of rotatable bonds is 3. The van der Waals surface area contributed by atoms with Gasteiger partial charge in [-0.2, -0.15) is 0 Å². The van der Waals surface area contributed by atoms with Crippen molar-refractivity contribution >= 4 is 17.3 Å². The number of benzene rings is 2. The first-order valence-corrected chi connectivity index (χ1v) is 6.45. The molecule has 2 aromatic rings. The van der Waals surface area contributed by atoms with Crippen LogP contribution in [0.3, 0.4) is 0 Å². The molecule has 1 aliphatic heterocycles. The summed E-state index contributed by atoms with van der Waals surface area (Å²) in [4.78, 5) is 12.1. The smallest absolute Gasteiger partial charge is 0.253 e. The van der Waals surface area contributed by atoms with Crippen molar-refractivity contribution in [2.24, 2.45) is 0 Å². The highest BCUT2D eigenvalue weighted by Gasteiger charge is 2.14. The predicted molar refractivity (Wildman–Crippen MR) is 79.0 cm³/mol. The summed E-state index contributed by atoms with van der Waals surface area (Å²) in [5.74, 6) is 1.16. The molecule has 2 aromatic carbocycles. The number of fused-ring (bicyclic) bond motifs is 1. The monoisotopic (exact) mass is 285 g/mol. The molecule has 0 saturated carbocycles. The first-order valence-electron chi connectivity index (χ1n) is 6.45. The second kappa shape index (κ2) is 5.24. The molecule has 0 saturated heterocycles. The van der Waals surface area contributed by atoms with Gasteiger partial charge in [0.2, 0.25) is 6.79 Å². The minimum absolute atomic E-state index is 0.229. The maximum Gasteiger partial charge on any atom is 0.253 e. The zero-order valence-electron chi connectivity index (χ0n) is 11.3. The number of hydrogen-bond donors (Lipinski definition) is 3. The molecule has 1 heterocycles. The lowest BCUT2D eigenvalue weighted by Crippen LogP contribution is -2.23. The van der Waals surface area contributed by atoms with Gasteiger partial charge in [-0.05, 0) is 35.9 Å². The van der Waals surface area contributed by atoms with E-state index in [4.69, 9.17) is 20.9 Å². The van der Waals surface area contributed by atoms with E-state index in [1.54, 1.807) is 18.2 Å². The average molecular weight is 285 g/mol. The third-order valence-electron chi connectivity index (χ3n) is 3.21. The molecule has 5 N–H and O–H groups in total. The first kappa shape index (κ1) is 13.1. The lowest BCUT2D eigenvalue weighted by atomic mass is 10.1. The molecule has 6 heteroatoms. The highest BCUT2D eigenvalue weighted by atomic mass is 16.7. The lowest BCUT2D eigenvalue weighted by molar-refractivity contribution is 0.0951. The Morgan fingerprint density at radius 3 is 2.71 bits per heavy atom. The number of nitrogen functional groups attached to an aromatic ring is 2. The highest BCUT2D eigenvalue weighted by Crippen LogP contribution is 2.32. The van der Waals surface area contributed by atoms with E-state index >= 15 is 0 Å². The van der Waals surface area contributed by atoms with Gasteiger partial charge in [0.25, 0.3) is 5.91 Å². The SMILES string of the molecule is Nc1ccc(C(=O)NCc2ccc3c(c2)OCO3)c(N)c1. The summed E-state index contributed by atoms with van der Waals surface area (Å²) in [6.45, 7) is 0.604. The Morgan fingerprint density at radius 2 is 1.90 bits per heavy atom. The number of nitrogens with one attached hydrogen (secondary N) is 1. The number of anilines is 2. The fraction of sp³-hybridized carbons (Fsp3) is 0.133. The van der Waals surface area contributed by atoms with Gasteiger partial charge in [0, 0.05) is 17.9 Å². The standard InChI is InChI=1S/C15H15N3O3/c16-10-2-3-11(12(17)6-10)15(19)18-7-9-1-4-13-14(5-9)21-8-20-13/h1-6H,7-8,16-17H2,(H,18,19). The van der Waals surface area contributed by atoms with Crippen molar-refractivity contribution in [3.8, 4) is 11.5 Å². The Labute approximate surface area is 121 Å². The molecule has 0 fully saturated rings. The Bertz CT molecular complexity index is 701. The quantitative estimate of drug-likeness (QED) is 0.742. The number of carbonyl (C=O) groups is 1. The second-order valence-electron chi connectivity index (χ2n) is 4.72. The van der Waals surface area contributed by atoms with Crippen LogP contribution in [0.5, 0.6) is 11.5 Å². The summed E-state index contributed by atoms with van der Waals surface area (Å²) >= 11 is 0. The molecular weight excluding hydrogens is 270 g/mol. The molecule has 0 aliphatic carbocycles. The molecular formula is C15H15N3O3. The van der Waals surface area contributed by atoms with Crippen LogP contribution in [-0.4, -0.2) is 12.7 Å². The molecule has 1 amide bonds. The van der Waals surface area contributed by atoms with Crippen LogP contribution in [0.1, 0.15) is 15.9 Å². The van der Waals surface area contributed by atoms with Crippen LogP contribution in [0, 0.1) is 0 Å². The van der Waals surface area contributed by atoms with Gasteiger partial charge in [-0.3, -0.25) is 4.79 Å². The van der Waals surface area contributed by atoms with Gasteiger partial charge in [0.1, 0.15) is 0 Å². The normalized spacial score (nSPS) is 12.2. The fourth-order valence-corrected chi connectivity index (χ4v) is 2.12. The van der Waals surface area contributed by atoms with E-state index in [1.807, 2.05) is 18.2 Å². The van der Waals surface area contributed by atoms with Crippen molar-refractivity contribution in [1.29, 1.82) is 0 Å². The van der Waals surface area contributed by atoms with E-state index in [9.17, 15) is 4.79 Å². The number of amides is 1. The van der Waals surface area contributed by atoms with Crippen LogP contribution in [0.4, 0.5) is 11.4 Å². The van der Waals surface area contributed by atoms with Crippen LogP contribution in [-0.2, 0) is 6.54 Å². The van der Waals surface area contributed by atoms with Gasteiger partial charge in [-0.1, -0.05) is 6.07 Å². The van der Waals surface area contributed by atoms with Gasteiger partial charge in [-0.25, -0.2) is 0 Å². The number of nitrogens with two attached hydrogens (primary N) is 2. The highest BCUT2D eigenvalue weighted by molar-refractivity contribution is 5.99. The fourth-order valence-electron chi connectivity index (χ4n) is 2.12. The van der Waals surface area contributed by atoms with E-state index in [1.165, 1.54) is 0 Å². The van der Waals surface area contributed by atoms with E-state index in [0.717, 1.165) is 5.56 Å². The predicted octanol–water partition coefficient (Wildman–Crippen LogP) is 1.51. The molecule has 6 nitrogen and oxygen atoms in total. The van der Waals surface area contributed by atoms with Gasteiger partial charge >= 0.3 is 0 Å². The largest absolute Gasteiger partial charge is 0.454 e. The molecule has 0 aromatic heterocycles. The molecule has 0 radical (unpaired) electrons. The average Bonchev–Trinajstić information content (AvgIpc) is 2.92. The maximum atomic E-state index is 12.1. The van der Waals surface area contributed by atoms with Crippen LogP contribution in [0.15, 0.2) is 36.4 Å². The molecule has 0 spiro atoms. The van der Waals surface area contributed by atoms with Gasteiger partial charge in [-0.15, -0.1) is 0 Å². The molecule has 21 heavy (non-hydrogen) atoms. The van der Waals surface area contributed by atoms with Crippen LogP contribution in [0.25, 0.3) is 0 Å². The Kier molecular flexibility index (Phi) is 3.27. The Hall–Kier alpha value is -2.89. The summed E-state index contributed by atoms with van der Waals surface area (Å²) in [5, 5.41) is 2.81. The second-order valence-corrected chi connectivity index (χ2v) is 4.72. The van der Waals surface area contributed by atoms with Crippen molar-refractivity contribution in [1.82, 2.24) is 5.32 Å². The third-order valence-corrected chi connectivity index (χ3v) is 3.21. The first-order chi connectivity index (χ1) is 10.1. The van der Waals surface area contributed by atoms with Gasteiger partial charge in [0.15, 0.2) is 11.5 Å². The Morgan fingerprint density at radius 1 is 1.10 bits per heavy atom. The van der Waals surface area contributed by atoms with Crippen molar-refractivity contribution < 1.29 is 14.3 Å². The zero-order valence-corrected chi connectivity index (χ0v) is 11.3. The maximum absolute atomic E-state index is 12.1. The van der Waals surface area contributed by atoms with Crippen molar-refractivity contribution in [3.05, 3.63) is 47.5 Å². The van der Waals surface area contributed by atoms with Crippen LogP contribution in [0.2, 0.25) is 0 Å². The molecule has 3 rings (SSSR count). The topological polar surface area (TPSA) is 99.6 Å². The van der Waals surface area contributed by atoms with Crippen molar-refractivity contribution in [2.45, 2.75) is 6.54 Å². The lowest BCUT2D eigenvalue weighted by Gasteiger charge is -2.08. The number of ether oxygens (including phenoxy) is 2. The van der Waals surface area contributed by atoms with E-state index < -0.39 is 0 Å². The minimum atomic E-state index is -0.245. The van der Waals surface area contributed by atoms with Crippen molar-refractivity contribution in [2.75, 3.05) is 18.3 Å². The molecule has 1 aliphatic rings. The molecule has 108 valence electrons. The molecule has 0 unspecified atom stereocenters. The van der Waals surface area contributed by atoms with E-state index in [2.05, 4.69) is 5.32 Å². The minimum Gasteiger partial charge on any atom is -0.454 e. The third kappa shape index (κ3) is 2.69.